The Balaban J connectivity index is 2.14. The molecule has 1 unspecified atom stereocenters. The standard InChI is InChI=1S/C23H38O2/c1-2-3-4-5-6-7-8-9-10-12-17-22(18-19-23(24)25)20-21-15-13-11-14-16-21/h11,13-16,22H,2-10,12,17-20H2,1H3,(H,24,25). The summed E-state index contributed by atoms with van der Waals surface area (Å²) in [6.07, 6.45) is 16.8. The molecule has 142 valence electrons. The number of aliphatic carboxylic acids is 1. The van der Waals surface area contributed by atoms with Gasteiger partial charge in [0, 0.05) is 6.42 Å². The van der Waals surface area contributed by atoms with Gasteiger partial charge in [-0.1, -0.05) is 108 Å². The topological polar surface area (TPSA) is 37.3 Å². The molecule has 0 amide bonds. The van der Waals surface area contributed by atoms with Crippen LogP contribution < -0.4 is 0 Å². The molecule has 0 fully saturated rings. The first kappa shape index (κ1) is 21.7. The van der Waals surface area contributed by atoms with Crippen molar-refractivity contribution in [2.24, 2.45) is 5.92 Å². The maximum Gasteiger partial charge on any atom is 0.303 e. The van der Waals surface area contributed by atoms with E-state index in [2.05, 4.69) is 31.2 Å². The highest BCUT2D eigenvalue weighted by Gasteiger charge is 2.11. The number of carboxylic acids is 1. The molecule has 0 saturated heterocycles. The predicted octanol–water partition coefficient (Wildman–Crippen LogP) is 7.02. The lowest BCUT2D eigenvalue weighted by atomic mass is 9.89. The van der Waals surface area contributed by atoms with Crippen LogP contribution in [0.15, 0.2) is 30.3 Å². The summed E-state index contributed by atoms with van der Waals surface area (Å²) >= 11 is 0. The third kappa shape index (κ3) is 12.7. The van der Waals surface area contributed by atoms with Gasteiger partial charge in [0.15, 0.2) is 0 Å². The SMILES string of the molecule is CCCCCCCCCCCCC(CCC(=O)O)Cc1ccccc1. The number of carbonyl (C=O) groups is 1. The Kier molecular flexibility index (Phi) is 13.0. The van der Waals surface area contributed by atoms with Crippen LogP contribution in [0.1, 0.15) is 96.0 Å². The molecule has 0 saturated carbocycles. The summed E-state index contributed by atoms with van der Waals surface area (Å²) < 4.78 is 0. The fourth-order valence-corrected chi connectivity index (χ4v) is 3.54. The second kappa shape index (κ2) is 15.0. The smallest absolute Gasteiger partial charge is 0.303 e. The van der Waals surface area contributed by atoms with Gasteiger partial charge in [-0.2, -0.15) is 0 Å². The lowest BCUT2D eigenvalue weighted by Crippen LogP contribution is -2.08. The Morgan fingerprint density at radius 3 is 1.96 bits per heavy atom. The number of rotatable bonds is 16. The summed E-state index contributed by atoms with van der Waals surface area (Å²) in [5.41, 5.74) is 1.34. The molecule has 1 aromatic carbocycles. The summed E-state index contributed by atoms with van der Waals surface area (Å²) in [6.45, 7) is 2.27. The molecule has 1 aromatic rings. The number of unbranched alkanes of at least 4 members (excludes halogenated alkanes) is 9. The Morgan fingerprint density at radius 1 is 0.840 bits per heavy atom. The lowest BCUT2D eigenvalue weighted by Gasteiger charge is -2.16. The third-order valence-electron chi connectivity index (χ3n) is 5.10. The minimum atomic E-state index is -0.666. The Bertz CT molecular complexity index is 427. The highest BCUT2D eigenvalue weighted by molar-refractivity contribution is 5.66. The third-order valence-corrected chi connectivity index (χ3v) is 5.10. The normalized spacial score (nSPS) is 12.2. The van der Waals surface area contributed by atoms with Gasteiger partial charge in [0.2, 0.25) is 0 Å². The van der Waals surface area contributed by atoms with Crippen molar-refractivity contribution in [3.63, 3.8) is 0 Å². The van der Waals surface area contributed by atoms with E-state index in [4.69, 9.17) is 5.11 Å². The van der Waals surface area contributed by atoms with Crippen LogP contribution in [0.2, 0.25) is 0 Å². The fraction of sp³-hybridized carbons (Fsp3) is 0.696. The van der Waals surface area contributed by atoms with Crippen molar-refractivity contribution in [1.82, 2.24) is 0 Å². The molecule has 0 aliphatic rings. The summed E-state index contributed by atoms with van der Waals surface area (Å²) in [5, 5.41) is 8.97. The average molecular weight is 347 g/mol. The van der Waals surface area contributed by atoms with Crippen molar-refractivity contribution < 1.29 is 9.90 Å². The Labute approximate surface area is 155 Å². The summed E-state index contributed by atoms with van der Waals surface area (Å²) in [6, 6.07) is 10.5. The van der Waals surface area contributed by atoms with E-state index in [-0.39, 0.29) is 0 Å². The van der Waals surface area contributed by atoms with Gasteiger partial charge < -0.3 is 5.11 Å². The van der Waals surface area contributed by atoms with Gasteiger partial charge >= 0.3 is 5.97 Å². The fourth-order valence-electron chi connectivity index (χ4n) is 3.54. The first-order valence-corrected chi connectivity index (χ1v) is 10.5. The van der Waals surface area contributed by atoms with Gasteiger partial charge in [-0.25, -0.2) is 0 Å². The van der Waals surface area contributed by atoms with Crippen molar-refractivity contribution >= 4 is 5.97 Å². The van der Waals surface area contributed by atoms with Crippen LogP contribution in [0.3, 0.4) is 0 Å². The van der Waals surface area contributed by atoms with Crippen molar-refractivity contribution in [2.75, 3.05) is 0 Å². The average Bonchev–Trinajstić information content (AvgIpc) is 2.61. The van der Waals surface area contributed by atoms with E-state index in [0.29, 0.717) is 12.3 Å². The van der Waals surface area contributed by atoms with E-state index < -0.39 is 5.97 Å². The maximum absolute atomic E-state index is 10.9. The number of hydrogen-bond acceptors (Lipinski definition) is 1. The molecule has 1 rings (SSSR count). The van der Waals surface area contributed by atoms with Crippen LogP contribution in [0.25, 0.3) is 0 Å². The molecule has 0 spiro atoms. The van der Waals surface area contributed by atoms with Crippen LogP contribution in [0.5, 0.6) is 0 Å². The molecule has 0 bridgehead atoms. The molecule has 2 nitrogen and oxygen atoms in total. The number of carboxylic acid groups (broad SMARTS) is 1. The van der Waals surface area contributed by atoms with Crippen LogP contribution >= 0.6 is 0 Å². The van der Waals surface area contributed by atoms with Crippen molar-refractivity contribution in [3.05, 3.63) is 35.9 Å². The van der Waals surface area contributed by atoms with E-state index in [0.717, 1.165) is 12.8 Å². The number of benzene rings is 1. The zero-order valence-corrected chi connectivity index (χ0v) is 16.2. The molecule has 0 heterocycles. The van der Waals surface area contributed by atoms with Crippen LogP contribution in [-0.4, -0.2) is 11.1 Å². The highest BCUT2D eigenvalue weighted by atomic mass is 16.4. The second-order valence-electron chi connectivity index (χ2n) is 7.46. The van der Waals surface area contributed by atoms with Crippen molar-refractivity contribution in [3.8, 4) is 0 Å². The van der Waals surface area contributed by atoms with Gasteiger partial charge in [-0.15, -0.1) is 0 Å². The summed E-state index contributed by atoms with van der Waals surface area (Å²) in [7, 11) is 0. The molecule has 0 radical (unpaired) electrons. The maximum atomic E-state index is 10.9. The molecular formula is C23H38O2. The minimum absolute atomic E-state index is 0.301. The molecule has 0 aliphatic carbocycles. The van der Waals surface area contributed by atoms with E-state index in [1.807, 2.05) is 6.07 Å². The van der Waals surface area contributed by atoms with Crippen LogP contribution in [0.4, 0.5) is 0 Å². The zero-order chi connectivity index (χ0) is 18.2. The minimum Gasteiger partial charge on any atom is -0.481 e. The lowest BCUT2D eigenvalue weighted by molar-refractivity contribution is -0.137. The molecule has 1 N–H and O–H groups in total. The Morgan fingerprint density at radius 2 is 1.40 bits per heavy atom. The van der Waals surface area contributed by atoms with Crippen LogP contribution in [-0.2, 0) is 11.2 Å². The van der Waals surface area contributed by atoms with E-state index in [1.165, 1.54) is 76.2 Å². The predicted molar refractivity (Wildman–Crippen MR) is 107 cm³/mol. The first-order chi connectivity index (χ1) is 12.2. The van der Waals surface area contributed by atoms with Crippen molar-refractivity contribution in [1.29, 1.82) is 0 Å². The quantitative estimate of drug-likeness (QED) is 0.326. The molecular weight excluding hydrogens is 308 g/mol. The molecule has 25 heavy (non-hydrogen) atoms. The zero-order valence-electron chi connectivity index (χ0n) is 16.2. The van der Waals surface area contributed by atoms with Gasteiger partial charge in [0.05, 0.1) is 0 Å². The highest BCUT2D eigenvalue weighted by Crippen LogP contribution is 2.21. The van der Waals surface area contributed by atoms with Crippen molar-refractivity contribution in [2.45, 2.75) is 96.8 Å². The van der Waals surface area contributed by atoms with E-state index >= 15 is 0 Å². The molecule has 0 aliphatic heterocycles. The monoisotopic (exact) mass is 346 g/mol. The van der Waals surface area contributed by atoms with E-state index in [1.54, 1.807) is 0 Å². The van der Waals surface area contributed by atoms with Gasteiger partial charge in [-0.05, 0) is 24.3 Å². The van der Waals surface area contributed by atoms with Gasteiger partial charge in [0.25, 0.3) is 0 Å². The largest absolute Gasteiger partial charge is 0.481 e. The second-order valence-corrected chi connectivity index (χ2v) is 7.46. The molecule has 0 aromatic heterocycles. The first-order valence-electron chi connectivity index (χ1n) is 10.5. The molecule has 2 heteroatoms. The molecule has 1 atom stereocenters. The Hall–Kier alpha value is -1.31. The summed E-state index contributed by atoms with van der Waals surface area (Å²) in [5.74, 6) is -0.159. The van der Waals surface area contributed by atoms with E-state index in [9.17, 15) is 4.79 Å². The van der Waals surface area contributed by atoms with Gasteiger partial charge in [-0.3, -0.25) is 4.79 Å². The van der Waals surface area contributed by atoms with Gasteiger partial charge in [0.1, 0.15) is 0 Å². The van der Waals surface area contributed by atoms with Crippen LogP contribution in [0, 0.1) is 5.92 Å². The number of hydrogen-bond donors (Lipinski definition) is 1. The summed E-state index contributed by atoms with van der Waals surface area (Å²) in [4.78, 5) is 10.9.